The molecule has 0 aromatic carbocycles. The third-order valence-electron chi connectivity index (χ3n) is 4.77. The van der Waals surface area contributed by atoms with E-state index in [9.17, 15) is 4.79 Å². The highest BCUT2D eigenvalue weighted by Crippen LogP contribution is 2.27. The molecular weight excluding hydrogens is 294 g/mol. The molecule has 1 aliphatic heterocycles. The van der Waals surface area contributed by atoms with Gasteiger partial charge in [-0.1, -0.05) is 19.3 Å². The zero-order valence-corrected chi connectivity index (χ0v) is 13.7. The molecule has 1 aromatic heterocycles. The number of aromatic nitrogens is 2. The Morgan fingerprint density at radius 3 is 2.78 bits per heavy atom. The minimum atomic E-state index is -0.00767. The molecule has 1 saturated heterocycles. The molecule has 0 spiro atoms. The second kappa shape index (κ2) is 7.62. The van der Waals surface area contributed by atoms with Gasteiger partial charge >= 0.3 is 0 Å². The fourth-order valence-corrected chi connectivity index (χ4v) is 3.48. The second-order valence-corrected chi connectivity index (χ2v) is 6.48. The van der Waals surface area contributed by atoms with Crippen LogP contribution in [-0.2, 0) is 4.79 Å². The second-order valence-electron chi connectivity index (χ2n) is 6.48. The van der Waals surface area contributed by atoms with Crippen LogP contribution in [0.15, 0.2) is 12.4 Å². The number of carbonyl (C=O) groups is 1. The summed E-state index contributed by atoms with van der Waals surface area (Å²) in [7, 11) is 1.55. The van der Waals surface area contributed by atoms with Gasteiger partial charge < -0.3 is 14.4 Å². The van der Waals surface area contributed by atoms with Crippen LogP contribution in [0.3, 0.4) is 0 Å². The number of ether oxygens (including phenoxy) is 2. The van der Waals surface area contributed by atoms with Crippen molar-refractivity contribution in [2.24, 2.45) is 5.92 Å². The summed E-state index contributed by atoms with van der Waals surface area (Å²) in [5.41, 5.74) is 0. The molecule has 1 amide bonds. The molecule has 0 bridgehead atoms. The molecule has 1 atom stereocenters. The Morgan fingerprint density at radius 1 is 1.22 bits per heavy atom. The van der Waals surface area contributed by atoms with Gasteiger partial charge in [0.1, 0.15) is 6.10 Å². The fourth-order valence-electron chi connectivity index (χ4n) is 3.48. The Hall–Kier alpha value is -1.85. The van der Waals surface area contributed by atoms with E-state index < -0.39 is 0 Å². The highest BCUT2D eigenvalue weighted by atomic mass is 16.5. The maximum absolute atomic E-state index is 12.4. The summed E-state index contributed by atoms with van der Waals surface area (Å²) in [5.74, 6) is 1.75. The lowest BCUT2D eigenvalue weighted by Crippen LogP contribution is -2.32. The van der Waals surface area contributed by atoms with Crippen molar-refractivity contribution < 1.29 is 14.3 Å². The van der Waals surface area contributed by atoms with E-state index in [-0.39, 0.29) is 12.0 Å². The van der Waals surface area contributed by atoms with E-state index in [4.69, 9.17) is 9.47 Å². The van der Waals surface area contributed by atoms with Gasteiger partial charge in [0.25, 0.3) is 0 Å². The van der Waals surface area contributed by atoms with Crippen LogP contribution >= 0.6 is 0 Å². The molecule has 0 N–H and O–H groups in total. The van der Waals surface area contributed by atoms with Crippen LogP contribution in [-0.4, -0.2) is 47.1 Å². The molecule has 2 heterocycles. The van der Waals surface area contributed by atoms with Gasteiger partial charge in [0, 0.05) is 19.4 Å². The molecule has 2 fully saturated rings. The van der Waals surface area contributed by atoms with Crippen molar-refractivity contribution >= 4 is 5.91 Å². The number of carbonyl (C=O) groups excluding carboxylic acids is 1. The number of methoxy groups -OCH3 is 1. The van der Waals surface area contributed by atoms with E-state index in [1.165, 1.54) is 32.1 Å². The van der Waals surface area contributed by atoms with Crippen LogP contribution in [0.2, 0.25) is 0 Å². The normalized spacial score (nSPS) is 22.1. The lowest BCUT2D eigenvalue weighted by molar-refractivity contribution is -0.131. The van der Waals surface area contributed by atoms with Crippen LogP contribution in [0, 0.1) is 5.92 Å². The van der Waals surface area contributed by atoms with Crippen LogP contribution in [0.5, 0.6) is 11.8 Å². The summed E-state index contributed by atoms with van der Waals surface area (Å²) in [6, 6.07) is 0. The molecule has 1 saturated carbocycles. The Morgan fingerprint density at radius 2 is 2.00 bits per heavy atom. The van der Waals surface area contributed by atoms with Crippen molar-refractivity contribution in [3.05, 3.63) is 12.4 Å². The van der Waals surface area contributed by atoms with Crippen molar-refractivity contribution in [2.45, 2.75) is 51.0 Å². The first-order valence-corrected chi connectivity index (χ1v) is 8.55. The highest BCUT2D eigenvalue weighted by molar-refractivity contribution is 5.76. The maximum Gasteiger partial charge on any atom is 0.235 e. The van der Waals surface area contributed by atoms with Gasteiger partial charge in [0.2, 0.25) is 17.7 Å². The lowest BCUT2D eigenvalue weighted by Gasteiger charge is -2.24. The summed E-state index contributed by atoms with van der Waals surface area (Å²) in [6.07, 6.45) is 10.9. The monoisotopic (exact) mass is 319 g/mol. The van der Waals surface area contributed by atoms with Gasteiger partial charge in [-0.3, -0.25) is 9.78 Å². The fraction of sp³-hybridized carbons (Fsp3) is 0.706. The minimum Gasteiger partial charge on any atom is -0.480 e. The highest BCUT2D eigenvalue weighted by Gasteiger charge is 2.29. The van der Waals surface area contributed by atoms with Crippen LogP contribution in [0.1, 0.15) is 44.9 Å². The minimum absolute atomic E-state index is 0.00767. The Kier molecular flexibility index (Phi) is 5.31. The average molecular weight is 319 g/mol. The predicted octanol–water partition coefficient (Wildman–Crippen LogP) is 2.44. The summed E-state index contributed by atoms with van der Waals surface area (Å²) in [5, 5.41) is 0. The van der Waals surface area contributed by atoms with Crippen molar-refractivity contribution in [3.63, 3.8) is 0 Å². The number of hydrogen-bond acceptors (Lipinski definition) is 5. The van der Waals surface area contributed by atoms with Gasteiger partial charge in [-0.15, -0.1) is 0 Å². The number of likely N-dealkylation sites (tertiary alicyclic amines) is 1. The molecule has 0 unspecified atom stereocenters. The van der Waals surface area contributed by atoms with Crippen LogP contribution in [0.25, 0.3) is 0 Å². The standard InChI is InChI=1S/C17H25N3O3/c1-22-15-10-18-11-16(19-15)23-14-7-8-20(12-14)17(21)9-13-5-3-2-4-6-13/h10-11,13-14H,2-9,12H2,1H3/t14-/m1/s1. The Bertz CT molecular complexity index is 532. The van der Waals surface area contributed by atoms with Crippen molar-refractivity contribution in [3.8, 4) is 11.8 Å². The van der Waals surface area contributed by atoms with E-state index in [0.717, 1.165) is 13.0 Å². The average Bonchev–Trinajstić information content (AvgIpc) is 3.04. The molecule has 126 valence electrons. The molecule has 1 aromatic rings. The molecule has 2 aliphatic rings. The smallest absolute Gasteiger partial charge is 0.235 e. The zero-order valence-electron chi connectivity index (χ0n) is 13.7. The number of rotatable bonds is 5. The lowest BCUT2D eigenvalue weighted by atomic mass is 9.87. The topological polar surface area (TPSA) is 64.6 Å². The van der Waals surface area contributed by atoms with Gasteiger partial charge in [0.15, 0.2) is 0 Å². The van der Waals surface area contributed by atoms with E-state index in [2.05, 4.69) is 9.97 Å². The third kappa shape index (κ3) is 4.33. The number of amides is 1. The van der Waals surface area contributed by atoms with Crippen molar-refractivity contribution in [1.82, 2.24) is 14.9 Å². The Balaban J connectivity index is 1.48. The predicted molar refractivity (Wildman–Crippen MR) is 85.4 cm³/mol. The van der Waals surface area contributed by atoms with E-state index in [0.29, 0.717) is 30.6 Å². The first-order valence-electron chi connectivity index (χ1n) is 8.55. The summed E-state index contributed by atoms with van der Waals surface area (Å²) >= 11 is 0. The first-order chi connectivity index (χ1) is 11.2. The van der Waals surface area contributed by atoms with Crippen LogP contribution < -0.4 is 9.47 Å². The molecule has 0 radical (unpaired) electrons. The molecule has 3 rings (SSSR count). The number of hydrogen-bond donors (Lipinski definition) is 0. The first kappa shape index (κ1) is 16.0. The number of nitrogens with zero attached hydrogens (tertiary/aromatic N) is 3. The molecule has 23 heavy (non-hydrogen) atoms. The van der Waals surface area contributed by atoms with Gasteiger partial charge in [-0.25, -0.2) is 0 Å². The quantitative estimate of drug-likeness (QED) is 0.834. The van der Waals surface area contributed by atoms with Gasteiger partial charge in [-0.2, -0.15) is 4.98 Å². The van der Waals surface area contributed by atoms with E-state index >= 15 is 0 Å². The molecule has 6 nitrogen and oxygen atoms in total. The third-order valence-corrected chi connectivity index (χ3v) is 4.77. The molecular formula is C17H25N3O3. The van der Waals surface area contributed by atoms with Gasteiger partial charge in [-0.05, 0) is 18.8 Å². The largest absolute Gasteiger partial charge is 0.480 e. The SMILES string of the molecule is COc1cncc(O[C@@H]2CCN(C(=O)CC3CCCCC3)C2)n1. The van der Waals surface area contributed by atoms with Crippen molar-refractivity contribution in [1.29, 1.82) is 0 Å². The molecule has 1 aliphatic carbocycles. The maximum atomic E-state index is 12.4. The Labute approximate surface area is 137 Å². The van der Waals surface area contributed by atoms with E-state index in [1.54, 1.807) is 19.5 Å². The summed E-state index contributed by atoms with van der Waals surface area (Å²) in [6.45, 7) is 1.41. The summed E-state index contributed by atoms with van der Waals surface area (Å²) in [4.78, 5) is 22.6. The molecule has 6 heteroatoms. The zero-order chi connectivity index (χ0) is 16.1. The van der Waals surface area contributed by atoms with Gasteiger partial charge in [0.05, 0.1) is 26.0 Å². The summed E-state index contributed by atoms with van der Waals surface area (Å²) < 4.78 is 10.9. The van der Waals surface area contributed by atoms with Crippen molar-refractivity contribution in [2.75, 3.05) is 20.2 Å². The van der Waals surface area contributed by atoms with E-state index in [1.807, 2.05) is 4.90 Å². The van der Waals surface area contributed by atoms with Crippen LogP contribution in [0.4, 0.5) is 0 Å².